The largest absolute Gasteiger partial charge is 0.465 e. The monoisotopic (exact) mass is 390 g/mol. The second-order valence-corrected chi connectivity index (χ2v) is 6.63. The number of carbonyl (C=O) groups excluding carboxylic acids is 2. The number of hydrogen-bond donors (Lipinski definition) is 2. The van der Waals surface area contributed by atoms with Gasteiger partial charge in [0.15, 0.2) is 0 Å². The predicted octanol–water partition coefficient (Wildman–Crippen LogP) is 4.18. The van der Waals surface area contributed by atoms with E-state index in [4.69, 9.17) is 0 Å². The Labute approximate surface area is 169 Å². The third kappa shape index (κ3) is 4.76. The van der Waals surface area contributed by atoms with E-state index in [1.807, 2.05) is 32.0 Å². The zero-order chi connectivity index (χ0) is 21.0. The van der Waals surface area contributed by atoms with E-state index < -0.39 is 5.97 Å². The number of para-hydroxylation sites is 1. The molecule has 0 bridgehead atoms. The number of aryl methyl sites for hydroxylation is 3. The van der Waals surface area contributed by atoms with Crippen molar-refractivity contribution in [2.24, 2.45) is 0 Å². The van der Waals surface area contributed by atoms with Crippen molar-refractivity contribution >= 4 is 29.2 Å². The summed E-state index contributed by atoms with van der Waals surface area (Å²) in [6, 6.07) is 14.0. The first kappa shape index (κ1) is 20.0. The molecule has 0 radical (unpaired) electrons. The first-order valence-electron chi connectivity index (χ1n) is 9.06. The highest BCUT2D eigenvalue weighted by atomic mass is 16.5. The van der Waals surface area contributed by atoms with Gasteiger partial charge >= 0.3 is 5.97 Å². The Morgan fingerprint density at radius 1 is 0.931 bits per heavy atom. The Kier molecular flexibility index (Phi) is 5.87. The van der Waals surface area contributed by atoms with Crippen LogP contribution in [0.1, 0.15) is 37.7 Å². The van der Waals surface area contributed by atoms with Crippen LogP contribution in [-0.2, 0) is 4.74 Å². The molecule has 0 fully saturated rings. The third-order valence-electron chi connectivity index (χ3n) is 4.37. The van der Waals surface area contributed by atoms with Gasteiger partial charge in [0.2, 0.25) is 5.95 Å². The SMILES string of the molecule is COC(=O)c1ccc(NC(=O)c2cc(C)nc(Nc3c(C)cccc3C)n2)cc1. The number of nitrogens with one attached hydrogen (secondary N) is 2. The number of methoxy groups -OCH3 is 1. The van der Waals surface area contributed by atoms with Crippen molar-refractivity contribution in [2.45, 2.75) is 20.8 Å². The molecular formula is C22H22N4O3. The van der Waals surface area contributed by atoms with Crippen molar-refractivity contribution in [3.05, 3.63) is 76.6 Å². The topological polar surface area (TPSA) is 93.2 Å². The number of anilines is 3. The molecule has 0 atom stereocenters. The van der Waals surface area contributed by atoms with Crippen molar-refractivity contribution in [1.29, 1.82) is 0 Å². The highest BCUT2D eigenvalue weighted by molar-refractivity contribution is 6.03. The van der Waals surface area contributed by atoms with Crippen LogP contribution in [0.4, 0.5) is 17.3 Å². The summed E-state index contributed by atoms with van der Waals surface area (Å²) < 4.78 is 4.67. The lowest BCUT2D eigenvalue weighted by Gasteiger charge is -2.13. The Morgan fingerprint density at radius 3 is 2.21 bits per heavy atom. The van der Waals surface area contributed by atoms with Gasteiger partial charge in [-0.25, -0.2) is 14.8 Å². The summed E-state index contributed by atoms with van der Waals surface area (Å²) in [4.78, 5) is 32.9. The number of benzene rings is 2. The van der Waals surface area contributed by atoms with E-state index in [0.29, 0.717) is 22.9 Å². The summed E-state index contributed by atoms with van der Waals surface area (Å²) >= 11 is 0. The van der Waals surface area contributed by atoms with E-state index in [1.54, 1.807) is 37.3 Å². The number of amides is 1. The molecule has 0 unspecified atom stereocenters. The van der Waals surface area contributed by atoms with E-state index in [-0.39, 0.29) is 11.6 Å². The van der Waals surface area contributed by atoms with E-state index in [1.165, 1.54) is 7.11 Å². The highest BCUT2D eigenvalue weighted by Crippen LogP contribution is 2.23. The number of esters is 1. The van der Waals surface area contributed by atoms with Crippen LogP contribution < -0.4 is 10.6 Å². The number of rotatable bonds is 5. The number of hydrogen-bond acceptors (Lipinski definition) is 6. The fourth-order valence-electron chi connectivity index (χ4n) is 2.87. The Morgan fingerprint density at radius 2 is 1.59 bits per heavy atom. The molecule has 29 heavy (non-hydrogen) atoms. The molecule has 0 aliphatic heterocycles. The lowest BCUT2D eigenvalue weighted by Crippen LogP contribution is -2.16. The maximum absolute atomic E-state index is 12.7. The summed E-state index contributed by atoms with van der Waals surface area (Å²) in [5, 5.41) is 5.99. The molecule has 0 aliphatic rings. The third-order valence-corrected chi connectivity index (χ3v) is 4.37. The Bertz CT molecular complexity index is 1040. The molecule has 148 valence electrons. The molecule has 7 heteroatoms. The lowest BCUT2D eigenvalue weighted by molar-refractivity contribution is 0.0600. The molecule has 0 saturated carbocycles. The predicted molar refractivity (Wildman–Crippen MR) is 112 cm³/mol. The zero-order valence-corrected chi connectivity index (χ0v) is 16.7. The minimum atomic E-state index is -0.434. The maximum atomic E-state index is 12.7. The van der Waals surface area contributed by atoms with Crippen molar-refractivity contribution in [2.75, 3.05) is 17.7 Å². The van der Waals surface area contributed by atoms with Gasteiger partial charge in [0.25, 0.3) is 5.91 Å². The first-order valence-corrected chi connectivity index (χ1v) is 9.06. The van der Waals surface area contributed by atoms with Gasteiger partial charge in [-0.15, -0.1) is 0 Å². The number of ether oxygens (including phenoxy) is 1. The summed E-state index contributed by atoms with van der Waals surface area (Å²) in [6.07, 6.45) is 0. The van der Waals surface area contributed by atoms with Crippen molar-refractivity contribution in [1.82, 2.24) is 9.97 Å². The van der Waals surface area contributed by atoms with Gasteiger partial charge in [0.05, 0.1) is 12.7 Å². The van der Waals surface area contributed by atoms with Gasteiger partial charge < -0.3 is 15.4 Å². The molecule has 3 aromatic rings. The molecule has 1 aromatic heterocycles. The number of nitrogens with zero attached hydrogens (tertiary/aromatic N) is 2. The van der Waals surface area contributed by atoms with Crippen LogP contribution in [0.5, 0.6) is 0 Å². The Balaban J connectivity index is 1.80. The summed E-state index contributed by atoms with van der Waals surface area (Å²) in [6.45, 7) is 5.80. The van der Waals surface area contributed by atoms with Gasteiger partial charge in [0, 0.05) is 17.1 Å². The molecule has 2 aromatic carbocycles. The van der Waals surface area contributed by atoms with Gasteiger partial charge in [0.1, 0.15) is 5.69 Å². The molecule has 1 amide bonds. The van der Waals surface area contributed by atoms with Crippen molar-refractivity contribution in [3.8, 4) is 0 Å². The number of aromatic nitrogens is 2. The fourth-order valence-corrected chi connectivity index (χ4v) is 2.87. The molecule has 3 rings (SSSR count). The fraction of sp³-hybridized carbons (Fsp3) is 0.182. The zero-order valence-electron chi connectivity index (χ0n) is 16.7. The quantitative estimate of drug-likeness (QED) is 0.635. The standard InChI is InChI=1S/C22H22N4O3/c1-13-6-5-7-14(2)19(13)26-22-23-15(3)12-18(25-22)20(27)24-17-10-8-16(9-11-17)21(28)29-4/h5-12H,1-4H3,(H,24,27)(H,23,25,26). The van der Waals surface area contributed by atoms with E-state index in [2.05, 4.69) is 25.3 Å². The lowest BCUT2D eigenvalue weighted by atomic mass is 10.1. The molecule has 1 heterocycles. The van der Waals surface area contributed by atoms with Crippen molar-refractivity contribution in [3.63, 3.8) is 0 Å². The van der Waals surface area contributed by atoms with Crippen LogP contribution in [-0.4, -0.2) is 29.0 Å². The van der Waals surface area contributed by atoms with Gasteiger partial charge in [-0.05, 0) is 62.2 Å². The Hall–Kier alpha value is -3.74. The first-order chi connectivity index (χ1) is 13.9. The van der Waals surface area contributed by atoms with E-state index in [9.17, 15) is 9.59 Å². The van der Waals surface area contributed by atoms with Gasteiger partial charge in [-0.3, -0.25) is 4.79 Å². The van der Waals surface area contributed by atoms with Crippen molar-refractivity contribution < 1.29 is 14.3 Å². The highest BCUT2D eigenvalue weighted by Gasteiger charge is 2.13. The van der Waals surface area contributed by atoms with Crippen LogP contribution >= 0.6 is 0 Å². The minimum absolute atomic E-state index is 0.239. The average molecular weight is 390 g/mol. The van der Waals surface area contributed by atoms with Crippen LogP contribution in [0.15, 0.2) is 48.5 Å². The van der Waals surface area contributed by atoms with E-state index >= 15 is 0 Å². The summed E-state index contributed by atoms with van der Waals surface area (Å²) in [7, 11) is 1.32. The molecule has 2 N–H and O–H groups in total. The van der Waals surface area contributed by atoms with Crippen LogP contribution in [0.2, 0.25) is 0 Å². The molecule has 7 nitrogen and oxygen atoms in total. The van der Waals surface area contributed by atoms with Crippen LogP contribution in [0, 0.1) is 20.8 Å². The maximum Gasteiger partial charge on any atom is 0.337 e. The van der Waals surface area contributed by atoms with Gasteiger partial charge in [-0.2, -0.15) is 0 Å². The van der Waals surface area contributed by atoms with Gasteiger partial charge in [-0.1, -0.05) is 18.2 Å². The molecule has 0 saturated heterocycles. The second-order valence-electron chi connectivity index (χ2n) is 6.63. The summed E-state index contributed by atoms with van der Waals surface area (Å²) in [5.41, 5.74) is 4.90. The van der Waals surface area contributed by atoms with E-state index in [0.717, 1.165) is 16.8 Å². The minimum Gasteiger partial charge on any atom is -0.465 e. The summed E-state index contributed by atoms with van der Waals surface area (Å²) in [5.74, 6) is -0.448. The molecule has 0 spiro atoms. The smallest absolute Gasteiger partial charge is 0.337 e. The normalized spacial score (nSPS) is 10.3. The number of carbonyl (C=O) groups is 2. The molecular weight excluding hydrogens is 368 g/mol. The van der Waals surface area contributed by atoms with Crippen LogP contribution in [0.3, 0.4) is 0 Å². The second kappa shape index (κ2) is 8.52. The average Bonchev–Trinajstić information content (AvgIpc) is 2.70. The van der Waals surface area contributed by atoms with Crippen LogP contribution in [0.25, 0.3) is 0 Å². The molecule has 0 aliphatic carbocycles.